The van der Waals surface area contributed by atoms with Gasteiger partial charge in [0.1, 0.15) is 5.75 Å². The van der Waals surface area contributed by atoms with Gasteiger partial charge in [-0.25, -0.2) is 0 Å². The zero-order chi connectivity index (χ0) is 13.7. The van der Waals surface area contributed by atoms with Crippen molar-refractivity contribution in [2.75, 3.05) is 5.32 Å². The fourth-order valence-electron chi connectivity index (χ4n) is 1.78. The predicted octanol–water partition coefficient (Wildman–Crippen LogP) is 2.60. The van der Waals surface area contributed by atoms with E-state index in [1.807, 2.05) is 19.1 Å². The van der Waals surface area contributed by atoms with Gasteiger partial charge in [0.05, 0.1) is 11.9 Å². The molecule has 0 saturated heterocycles. The van der Waals surface area contributed by atoms with E-state index in [9.17, 15) is 9.90 Å². The highest BCUT2D eigenvalue weighted by molar-refractivity contribution is 5.92. The molecule has 1 atom stereocenters. The van der Waals surface area contributed by atoms with Crippen molar-refractivity contribution >= 4 is 11.6 Å². The topological polar surface area (TPSA) is 62.2 Å². The quantitative estimate of drug-likeness (QED) is 0.883. The summed E-state index contributed by atoms with van der Waals surface area (Å²) in [5, 5.41) is 12.0. The van der Waals surface area contributed by atoms with Crippen LogP contribution in [-0.4, -0.2) is 16.0 Å². The Balaban J connectivity index is 1.94. The Labute approximate surface area is 112 Å². The van der Waals surface area contributed by atoms with Crippen LogP contribution in [0.5, 0.6) is 5.75 Å². The van der Waals surface area contributed by atoms with Crippen LogP contribution in [-0.2, 0) is 11.2 Å². The molecule has 0 bridgehead atoms. The van der Waals surface area contributed by atoms with E-state index in [0.717, 1.165) is 5.56 Å². The lowest BCUT2D eigenvalue weighted by molar-refractivity contribution is -0.119. The number of pyridine rings is 1. The van der Waals surface area contributed by atoms with E-state index in [0.29, 0.717) is 12.1 Å². The van der Waals surface area contributed by atoms with Crippen molar-refractivity contribution in [3.05, 3.63) is 54.4 Å². The summed E-state index contributed by atoms with van der Waals surface area (Å²) in [6.07, 6.45) is 3.91. The summed E-state index contributed by atoms with van der Waals surface area (Å²) >= 11 is 0. The number of amides is 1. The number of rotatable bonds is 4. The first kappa shape index (κ1) is 13.1. The number of carbonyl (C=O) groups excluding carboxylic acids is 1. The first-order valence-corrected chi connectivity index (χ1v) is 6.14. The van der Waals surface area contributed by atoms with Crippen molar-refractivity contribution in [1.82, 2.24) is 4.98 Å². The molecule has 2 aromatic rings. The smallest absolute Gasteiger partial charge is 0.227 e. The molecule has 0 spiro atoms. The summed E-state index contributed by atoms with van der Waals surface area (Å²) in [5.74, 6) is 0.0436. The molecule has 4 nitrogen and oxygen atoms in total. The Bertz CT molecular complexity index is 538. The third kappa shape index (κ3) is 3.81. The maximum absolute atomic E-state index is 12.0. The standard InChI is InChI=1S/C15H16N2O2/c1-11(9-12-4-6-14(18)7-5-12)15(19)17-13-3-2-8-16-10-13/h2-8,10-11,18H,9H2,1H3,(H,17,19)/t11-/m0/s1. The van der Waals surface area contributed by atoms with E-state index in [4.69, 9.17) is 0 Å². The number of carbonyl (C=O) groups is 1. The minimum Gasteiger partial charge on any atom is -0.508 e. The molecule has 4 heteroatoms. The number of hydrogen-bond donors (Lipinski definition) is 2. The SMILES string of the molecule is C[C@@H](Cc1ccc(O)cc1)C(=O)Nc1cccnc1. The normalized spacial score (nSPS) is 11.8. The lowest BCUT2D eigenvalue weighted by atomic mass is 10.0. The van der Waals surface area contributed by atoms with Gasteiger partial charge in [0.2, 0.25) is 5.91 Å². The van der Waals surface area contributed by atoms with Crippen LogP contribution in [0.3, 0.4) is 0 Å². The van der Waals surface area contributed by atoms with Crippen LogP contribution >= 0.6 is 0 Å². The Hall–Kier alpha value is -2.36. The molecule has 1 heterocycles. The van der Waals surface area contributed by atoms with Crippen molar-refractivity contribution in [3.63, 3.8) is 0 Å². The Morgan fingerprint density at radius 2 is 2.05 bits per heavy atom. The Morgan fingerprint density at radius 3 is 2.68 bits per heavy atom. The maximum atomic E-state index is 12.0. The van der Waals surface area contributed by atoms with Gasteiger partial charge in [-0.3, -0.25) is 9.78 Å². The van der Waals surface area contributed by atoms with E-state index >= 15 is 0 Å². The second-order valence-electron chi connectivity index (χ2n) is 4.50. The van der Waals surface area contributed by atoms with Crippen LogP contribution in [0.1, 0.15) is 12.5 Å². The van der Waals surface area contributed by atoms with E-state index in [-0.39, 0.29) is 17.6 Å². The number of nitrogens with zero attached hydrogens (tertiary/aromatic N) is 1. The van der Waals surface area contributed by atoms with Gasteiger partial charge in [-0.15, -0.1) is 0 Å². The number of hydrogen-bond acceptors (Lipinski definition) is 3. The average Bonchev–Trinajstić information content (AvgIpc) is 2.42. The molecule has 2 rings (SSSR count). The fourth-order valence-corrected chi connectivity index (χ4v) is 1.78. The summed E-state index contributed by atoms with van der Waals surface area (Å²) < 4.78 is 0. The van der Waals surface area contributed by atoms with Gasteiger partial charge in [-0.05, 0) is 36.2 Å². The maximum Gasteiger partial charge on any atom is 0.227 e. The van der Waals surface area contributed by atoms with Crippen LogP contribution < -0.4 is 5.32 Å². The van der Waals surface area contributed by atoms with Crippen molar-refractivity contribution in [2.24, 2.45) is 5.92 Å². The molecule has 0 radical (unpaired) electrons. The summed E-state index contributed by atoms with van der Waals surface area (Å²) in [4.78, 5) is 15.9. The number of nitrogens with one attached hydrogen (secondary N) is 1. The minimum atomic E-state index is -0.148. The summed E-state index contributed by atoms with van der Waals surface area (Å²) in [6, 6.07) is 10.5. The van der Waals surface area contributed by atoms with Gasteiger partial charge in [0.25, 0.3) is 0 Å². The lowest BCUT2D eigenvalue weighted by Crippen LogP contribution is -2.22. The molecule has 0 aliphatic carbocycles. The van der Waals surface area contributed by atoms with Gasteiger partial charge in [-0.1, -0.05) is 19.1 Å². The van der Waals surface area contributed by atoms with Gasteiger partial charge < -0.3 is 10.4 Å². The molecule has 1 aromatic heterocycles. The van der Waals surface area contributed by atoms with Crippen LogP contribution in [0, 0.1) is 5.92 Å². The Kier molecular flexibility index (Phi) is 4.13. The molecular formula is C15H16N2O2. The number of aromatic hydroxyl groups is 1. The van der Waals surface area contributed by atoms with Crippen LogP contribution in [0.2, 0.25) is 0 Å². The van der Waals surface area contributed by atoms with Crippen molar-refractivity contribution in [1.29, 1.82) is 0 Å². The molecule has 98 valence electrons. The summed E-state index contributed by atoms with van der Waals surface area (Å²) in [7, 11) is 0. The third-order valence-corrected chi connectivity index (χ3v) is 2.85. The lowest BCUT2D eigenvalue weighted by Gasteiger charge is -2.12. The minimum absolute atomic E-state index is 0.0407. The molecule has 0 saturated carbocycles. The first-order chi connectivity index (χ1) is 9.15. The molecule has 1 aromatic carbocycles. The largest absolute Gasteiger partial charge is 0.508 e. The molecule has 0 aliphatic heterocycles. The van der Waals surface area contributed by atoms with E-state index in [2.05, 4.69) is 10.3 Å². The van der Waals surface area contributed by atoms with Crippen molar-refractivity contribution < 1.29 is 9.90 Å². The Morgan fingerprint density at radius 1 is 1.32 bits per heavy atom. The first-order valence-electron chi connectivity index (χ1n) is 6.14. The highest BCUT2D eigenvalue weighted by Gasteiger charge is 2.13. The monoisotopic (exact) mass is 256 g/mol. The van der Waals surface area contributed by atoms with Gasteiger partial charge >= 0.3 is 0 Å². The van der Waals surface area contributed by atoms with Gasteiger partial charge in [0, 0.05) is 12.1 Å². The highest BCUT2D eigenvalue weighted by atomic mass is 16.3. The second-order valence-corrected chi connectivity index (χ2v) is 4.50. The predicted molar refractivity (Wildman–Crippen MR) is 73.8 cm³/mol. The van der Waals surface area contributed by atoms with Gasteiger partial charge in [-0.2, -0.15) is 0 Å². The van der Waals surface area contributed by atoms with E-state index in [1.165, 1.54) is 0 Å². The number of phenols is 1. The number of benzene rings is 1. The zero-order valence-corrected chi connectivity index (χ0v) is 10.7. The average molecular weight is 256 g/mol. The summed E-state index contributed by atoms with van der Waals surface area (Å²) in [6.45, 7) is 1.87. The zero-order valence-electron chi connectivity index (χ0n) is 10.7. The molecule has 2 N–H and O–H groups in total. The molecule has 19 heavy (non-hydrogen) atoms. The molecule has 0 fully saturated rings. The second kappa shape index (κ2) is 6.00. The number of anilines is 1. The molecule has 0 unspecified atom stereocenters. The van der Waals surface area contributed by atoms with Crippen molar-refractivity contribution in [3.8, 4) is 5.75 Å². The third-order valence-electron chi connectivity index (χ3n) is 2.85. The highest BCUT2D eigenvalue weighted by Crippen LogP contribution is 2.15. The summed E-state index contributed by atoms with van der Waals surface area (Å²) in [5.41, 5.74) is 1.72. The van der Waals surface area contributed by atoms with Crippen molar-refractivity contribution in [2.45, 2.75) is 13.3 Å². The molecular weight excluding hydrogens is 240 g/mol. The van der Waals surface area contributed by atoms with Gasteiger partial charge in [0.15, 0.2) is 0 Å². The van der Waals surface area contributed by atoms with Crippen LogP contribution in [0.15, 0.2) is 48.8 Å². The van der Waals surface area contributed by atoms with E-state index in [1.54, 1.807) is 36.7 Å². The molecule has 0 aliphatic rings. The fraction of sp³-hybridized carbons (Fsp3) is 0.200. The number of phenolic OH excluding ortho intramolecular Hbond substituents is 1. The number of aromatic nitrogens is 1. The van der Waals surface area contributed by atoms with E-state index < -0.39 is 0 Å². The van der Waals surface area contributed by atoms with Crippen LogP contribution in [0.25, 0.3) is 0 Å². The van der Waals surface area contributed by atoms with Crippen LogP contribution in [0.4, 0.5) is 5.69 Å². The molecule has 1 amide bonds.